The zero-order valence-corrected chi connectivity index (χ0v) is 10.4. The van der Waals surface area contributed by atoms with Crippen LogP contribution in [0, 0.1) is 0 Å². The minimum atomic E-state index is 0.0811. The molecule has 0 bridgehead atoms. The zero-order chi connectivity index (χ0) is 12.4. The van der Waals surface area contributed by atoms with E-state index < -0.39 is 0 Å². The van der Waals surface area contributed by atoms with Gasteiger partial charge < -0.3 is 15.5 Å². The molecule has 1 aromatic rings. The molecule has 2 aliphatic heterocycles. The number of carbonyl (C=O) groups is 1. The Balaban J connectivity index is 1.70. The van der Waals surface area contributed by atoms with Crippen LogP contribution in [0.2, 0.25) is 0 Å². The monoisotopic (exact) mass is 245 g/mol. The van der Waals surface area contributed by atoms with E-state index in [2.05, 4.69) is 22.8 Å². The molecular formula is C14H19N3O. The van der Waals surface area contributed by atoms with Crippen LogP contribution in [0.3, 0.4) is 0 Å². The van der Waals surface area contributed by atoms with Gasteiger partial charge in [-0.05, 0) is 24.9 Å². The molecule has 2 aliphatic rings. The van der Waals surface area contributed by atoms with Crippen LogP contribution in [0.15, 0.2) is 30.3 Å². The van der Waals surface area contributed by atoms with Gasteiger partial charge in [0.25, 0.3) is 0 Å². The summed E-state index contributed by atoms with van der Waals surface area (Å²) in [5.74, 6) is 0. The quantitative estimate of drug-likeness (QED) is 0.829. The summed E-state index contributed by atoms with van der Waals surface area (Å²) < 4.78 is 0. The fourth-order valence-corrected chi connectivity index (χ4v) is 2.85. The van der Waals surface area contributed by atoms with Crippen molar-refractivity contribution in [1.82, 2.24) is 15.5 Å². The van der Waals surface area contributed by atoms with Gasteiger partial charge in [0.2, 0.25) is 0 Å². The lowest BCUT2D eigenvalue weighted by molar-refractivity contribution is 0.184. The first-order chi connectivity index (χ1) is 8.84. The highest BCUT2D eigenvalue weighted by molar-refractivity contribution is 5.77. The lowest BCUT2D eigenvalue weighted by atomic mass is 10.0. The molecule has 0 spiro atoms. The van der Waals surface area contributed by atoms with Gasteiger partial charge in [0, 0.05) is 19.1 Å². The molecule has 2 fully saturated rings. The largest absolute Gasteiger partial charge is 0.329 e. The molecule has 2 saturated heterocycles. The molecule has 2 heterocycles. The second-order valence-corrected chi connectivity index (χ2v) is 5.07. The highest BCUT2D eigenvalue weighted by atomic mass is 16.2. The van der Waals surface area contributed by atoms with Gasteiger partial charge in [-0.1, -0.05) is 30.3 Å². The molecule has 96 valence electrons. The maximum atomic E-state index is 12.0. The average Bonchev–Trinajstić information content (AvgIpc) is 2.83. The maximum absolute atomic E-state index is 12.0. The first-order valence-corrected chi connectivity index (χ1v) is 6.67. The normalized spacial score (nSPS) is 28.2. The zero-order valence-electron chi connectivity index (χ0n) is 10.4. The second-order valence-electron chi connectivity index (χ2n) is 5.07. The van der Waals surface area contributed by atoms with Crippen LogP contribution >= 0.6 is 0 Å². The van der Waals surface area contributed by atoms with Crippen LogP contribution in [0.1, 0.15) is 24.4 Å². The number of amides is 2. The van der Waals surface area contributed by atoms with E-state index in [4.69, 9.17) is 0 Å². The molecule has 2 N–H and O–H groups in total. The molecule has 0 saturated carbocycles. The fourth-order valence-electron chi connectivity index (χ4n) is 2.85. The second kappa shape index (κ2) is 4.98. The van der Waals surface area contributed by atoms with Crippen molar-refractivity contribution in [3.05, 3.63) is 35.9 Å². The summed E-state index contributed by atoms with van der Waals surface area (Å²) in [6.45, 7) is 2.79. The van der Waals surface area contributed by atoms with Crippen molar-refractivity contribution in [2.45, 2.75) is 24.9 Å². The maximum Gasteiger partial charge on any atom is 0.318 e. The number of benzene rings is 1. The molecule has 1 aromatic carbocycles. The highest BCUT2D eigenvalue weighted by Crippen LogP contribution is 2.23. The van der Waals surface area contributed by atoms with Gasteiger partial charge >= 0.3 is 6.03 Å². The Morgan fingerprint density at radius 1 is 1.22 bits per heavy atom. The van der Waals surface area contributed by atoms with Crippen molar-refractivity contribution in [2.24, 2.45) is 0 Å². The van der Waals surface area contributed by atoms with E-state index in [0.717, 1.165) is 32.5 Å². The van der Waals surface area contributed by atoms with Crippen LogP contribution in [0.25, 0.3) is 0 Å². The van der Waals surface area contributed by atoms with Gasteiger partial charge in [-0.15, -0.1) is 0 Å². The van der Waals surface area contributed by atoms with E-state index in [9.17, 15) is 4.79 Å². The Hall–Kier alpha value is -1.55. The van der Waals surface area contributed by atoms with Gasteiger partial charge in [0.15, 0.2) is 0 Å². The molecule has 2 atom stereocenters. The van der Waals surface area contributed by atoms with E-state index in [1.807, 2.05) is 23.1 Å². The number of urea groups is 1. The van der Waals surface area contributed by atoms with E-state index in [-0.39, 0.29) is 12.1 Å². The Kier molecular flexibility index (Phi) is 3.19. The predicted molar refractivity (Wildman–Crippen MR) is 70.3 cm³/mol. The summed E-state index contributed by atoms with van der Waals surface area (Å²) in [5.41, 5.74) is 1.19. The number of rotatable bonds is 2. The van der Waals surface area contributed by atoms with Crippen molar-refractivity contribution in [3.63, 3.8) is 0 Å². The number of hydrogen-bond donors (Lipinski definition) is 2. The fraction of sp³-hybridized carbons (Fsp3) is 0.500. The standard InChI is InChI=1S/C14H19N3O/c18-14-16-13(11-5-2-1-3-6-11)10-17(14)12-7-4-8-15-9-12/h1-3,5-6,12-13,15H,4,7-10H2,(H,16,18)/t12-,13+/m0/s1. The number of nitrogens with zero attached hydrogens (tertiary/aromatic N) is 1. The van der Waals surface area contributed by atoms with Crippen molar-refractivity contribution >= 4 is 6.03 Å². The Morgan fingerprint density at radius 2 is 2.06 bits per heavy atom. The van der Waals surface area contributed by atoms with Crippen molar-refractivity contribution in [2.75, 3.05) is 19.6 Å². The lowest BCUT2D eigenvalue weighted by Gasteiger charge is -2.30. The summed E-state index contributed by atoms with van der Waals surface area (Å²) in [4.78, 5) is 14.0. The van der Waals surface area contributed by atoms with Crippen LogP contribution in [-0.4, -0.2) is 36.6 Å². The van der Waals surface area contributed by atoms with E-state index >= 15 is 0 Å². The highest BCUT2D eigenvalue weighted by Gasteiger charge is 2.34. The van der Waals surface area contributed by atoms with Gasteiger partial charge in [-0.3, -0.25) is 0 Å². The average molecular weight is 245 g/mol. The third kappa shape index (κ3) is 2.20. The smallest absolute Gasteiger partial charge is 0.318 e. The molecule has 3 rings (SSSR count). The summed E-state index contributed by atoms with van der Waals surface area (Å²) >= 11 is 0. The van der Waals surface area contributed by atoms with Crippen LogP contribution < -0.4 is 10.6 Å². The predicted octanol–water partition coefficient (Wildman–Crippen LogP) is 1.50. The van der Waals surface area contributed by atoms with Crippen LogP contribution in [-0.2, 0) is 0 Å². The lowest BCUT2D eigenvalue weighted by Crippen LogP contribution is -2.47. The van der Waals surface area contributed by atoms with Crippen LogP contribution in [0.4, 0.5) is 4.79 Å². The van der Waals surface area contributed by atoms with Gasteiger partial charge in [0.05, 0.1) is 6.04 Å². The Bertz CT molecular complexity index is 414. The summed E-state index contributed by atoms with van der Waals surface area (Å²) in [7, 11) is 0. The molecular weight excluding hydrogens is 226 g/mol. The molecule has 18 heavy (non-hydrogen) atoms. The number of nitrogens with one attached hydrogen (secondary N) is 2. The SMILES string of the molecule is O=C1N[C@@H](c2ccccc2)CN1[C@H]1CCCNC1. The van der Waals surface area contributed by atoms with Gasteiger partial charge in [-0.25, -0.2) is 4.79 Å². The molecule has 0 unspecified atom stereocenters. The summed E-state index contributed by atoms with van der Waals surface area (Å²) in [5, 5.41) is 6.44. The molecule has 2 amide bonds. The number of hydrogen-bond acceptors (Lipinski definition) is 2. The van der Waals surface area contributed by atoms with Crippen molar-refractivity contribution < 1.29 is 4.79 Å². The summed E-state index contributed by atoms with van der Waals surface area (Å²) in [6, 6.07) is 10.8. The third-order valence-corrected chi connectivity index (χ3v) is 3.85. The molecule has 0 aromatic heterocycles. The molecule has 4 heteroatoms. The van der Waals surface area contributed by atoms with E-state index in [0.29, 0.717) is 6.04 Å². The Morgan fingerprint density at radius 3 is 2.78 bits per heavy atom. The van der Waals surface area contributed by atoms with E-state index in [1.54, 1.807) is 0 Å². The minimum absolute atomic E-state index is 0.0811. The molecule has 4 nitrogen and oxygen atoms in total. The number of piperidine rings is 1. The first kappa shape index (κ1) is 11.5. The third-order valence-electron chi connectivity index (χ3n) is 3.85. The Labute approximate surface area is 107 Å². The minimum Gasteiger partial charge on any atom is -0.329 e. The van der Waals surface area contributed by atoms with Crippen molar-refractivity contribution in [1.29, 1.82) is 0 Å². The number of carbonyl (C=O) groups excluding carboxylic acids is 1. The van der Waals surface area contributed by atoms with Gasteiger partial charge in [-0.2, -0.15) is 0 Å². The topological polar surface area (TPSA) is 44.4 Å². The van der Waals surface area contributed by atoms with E-state index in [1.165, 1.54) is 5.56 Å². The van der Waals surface area contributed by atoms with Gasteiger partial charge in [0.1, 0.15) is 0 Å². The molecule has 0 aliphatic carbocycles. The first-order valence-electron chi connectivity index (χ1n) is 6.67. The molecule has 0 radical (unpaired) electrons. The summed E-state index contributed by atoms with van der Waals surface area (Å²) in [6.07, 6.45) is 2.27. The van der Waals surface area contributed by atoms with Crippen molar-refractivity contribution in [3.8, 4) is 0 Å². The van der Waals surface area contributed by atoms with Crippen LogP contribution in [0.5, 0.6) is 0 Å².